The molecule has 0 fully saturated rings. The molecule has 0 aliphatic carbocycles. The third kappa shape index (κ3) is 5.03. The summed E-state index contributed by atoms with van der Waals surface area (Å²) >= 11 is 1.44. The van der Waals surface area contributed by atoms with Gasteiger partial charge in [0.05, 0.1) is 5.25 Å². The Bertz CT molecular complexity index is 583. The van der Waals surface area contributed by atoms with Crippen LogP contribution in [-0.2, 0) is 9.53 Å². The lowest BCUT2D eigenvalue weighted by molar-refractivity contribution is -0.115. The molecule has 0 saturated carbocycles. The maximum absolute atomic E-state index is 12.5. The van der Waals surface area contributed by atoms with Crippen molar-refractivity contribution in [2.45, 2.75) is 44.2 Å². The van der Waals surface area contributed by atoms with E-state index < -0.39 is 0 Å². The van der Waals surface area contributed by atoms with Crippen molar-refractivity contribution >= 4 is 23.3 Å². The van der Waals surface area contributed by atoms with E-state index in [9.17, 15) is 9.59 Å². The molecule has 1 aromatic carbocycles. The molecule has 124 valence electrons. The minimum atomic E-state index is -0.311. The normalized spacial score (nSPS) is 19.0. The van der Waals surface area contributed by atoms with Gasteiger partial charge in [-0.1, -0.05) is 30.3 Å². The molecule has 0 aromatic heterocycles. The third-order valence-electron chi connectivity index (χ3n) is 3.66. The zero-order valence-electron chi connectivity index (χ0n) is 13.7. The molecule has 0 saturated heterocycles. The molecule has 1 N–H and O–H groups in total. The van der Waals surface area contributed by atoms with Crippen LogP contribution in [0.25, 0.3) is 0 Å². The Morgan fingerprint density at radius 3 is 2.61 bits per heavy atom. The van der Waals surface area contributed by atoms with E-state index in [1.54, 1.807) is 19.2 Å². The molecule has 1 aromatic rings. The van der Waals surface area contributed by atoms with E-state index in [-0.39, 0.29) is 35.5 Å². The van der Waals surface area contributed by atoms with E-state index in [0.29, 0.717) is 12.0 Å². The van der Waals surface area contributed by atoms with Gasteiger partial charge in [-0.15, -0.1) is 11.8 Å². The van der Waals surface area contributed by atoms with Gasteiger partial charge in [-0.25, -0.2) is 0 Å². The number of Topliss-reactive ketones (excluding diaryl/α,β-unsaturated/α-hetero) is 2. The first kappa shape index (κ1) is 17.9. The number of rotatable bonds is 8. The Morgan fingerprint density at radius 1 is 1.30 bits per heavy atom. The summed E-state index contributed by atoms with van der Waals surface area (Å²) in [7, 11) is 1.63. The van der Waals surface area contributed by atoms with E-state index in [4.69, 9.17) is 4.74 Å². The highest BCUT2D eigenvalue weighted by Gasteiger charge is 2.31. The van der Waals surface area contributed by atoms with Gasteiger partial charge in [0, 0.05) is 37.1 Å². The minimum absolute atomic E-state index is 0.00898. The van der Waals surface area contributed by atoms with Gasteiger partial charge in [-0.05, 0) is 19.3 Å². The number of nitrogens with one attached hydrogen (secondary N) is 1. The van der Waals surface area contributed by atoms with Gasteiger partial charge in [0.1, 0.15) is 6.23 Å². The first-order valence-corrected chi connectivity index (χ1v) is 8.71. The van der Waals surface area contributed by atoms with Crippen molar-refractivity contribution in [1.82, 2.24) is 5.32 Å². The van der Waals surface area contributed by atoms with E-state index in [1.807, 2.05) is 37.5 Å². The number of methoxy groups -OCH3 is 1. The highest BCUT2D eigenvalue weighted by Crippen LogP contribution is 2.32. The van der Waals surface area contributed by atoms with Crippen LogP contribution < -0.4 is 5.32 Å². The van der Waals surface area contributed by atoms with Crippen LogP contribution in [0.15, 0.2) is 41.3 Å². The lowest BCUT2D eigenvalue weighted by Crippen LogP contribution is -2.37. The molecule has 0 bridgehead atoms. The van der Waals surface area contributed by atoms with E-state index in [0.717, 1.165) is 5.57 Å². The summed E-state index contributed by atoms with van der Waals surface area (Å²) in [5.41, 5.74) is 1.39. The zero-order valence-corrected chi connectivity index (χ0v) is 14.6. The molecule has 23 heavy (non-hydrogen) atoms. The molecule has 2 rings (SSSR count). The van der Waals surface area contributed by atoms with Crippen LogP contribution in [0.5, 0.6) is 0 Å². The number of hydrogen-bond donors (Lipinski definition) is 1. The van der Waals surface area contributed by atoms with Gasteiger partial charge in [0.2, 0.25) is 0 Å². The Morgan fingerprint density at radius 2 is 2.00 bits per heavy atom. The Hall–Kier alpha value is -1.43. The maximum atomic E-state index is 12.5. The van der Waals surface area contributed by atoms with Gasteiger partial charge in [0.15, 0.2) is 11.6 Å². The monoisotopic (exact) mass is 333 g/mol. The van der Waals surface area contributed by atoms with Crippen LogP contribution in [0.1, 0.15) is 37.0 Å². The first-order chi connectivity index (χ1) is 11.0. The van der Waals surface area contributed by atoms with Crippen molar-refractivity contribution in [3.8, 4) is 0 Å². The first-order valence-electron chi connectivity index (χ1n) is 7.77. The van der Waals surface area contributed by atoms with Gasteiger partial charge < -0.3 is 4.74 Å². The van der Waals surface area contributed by atoms with Gasteiger partial charge in [-0.3, -0.25) is 14.9 Å². The van der Waals surface area contributed by atoms with E-state index in [2.05, 4.69) is 5.32 Å². The number of thioether (sulfide) groups is 1. The molecule has 2 atom stereocenters. The van der Waals surface area contributed by atoms with Crippen molar-refractivity contribution in [1.29, 1.82) is 0 Å². The quantitative estimate of drug-likeness (QED) is 0.585. The lowest BCUT2D eigenvalue weighted by Gasteiger charge is -2.20. The summed E-state index contributed by atoms with van der Waals surface area (Å²) in [6.07, 6.45) is 0.577. The second kappa shape index (κ2) is 8.43. The Kier molecular flexibility index (Phi) is 6.57. The van der Waals surface area contributed by atoms with Crippen molar-refractivity contribution in [3.05, 3.63) is 46.9 Å². The van der Waals surface area contributed by atoms with Crippen LogP contribution in [0.2, 0.25) is 0 Å². The predicted molar refractivity (Wildman–Crippen MR) is 93.5 cm³/mol. The molecular formula is C18H23NO3S. The predicted octanol–water partition coefficient (Wildman–Crippen LogP) is 3.19. The summed E-state index contributed by atoms with van der Waals surface area (Å²) in [6, 6.07) is 9.39. The third-order valence-corrected chi connectivity index (χ3v) is 4.79. The maximum Gasteiger partial charge on any atom is 0.173 e. The number of carbonyl (C=O) groups excluding carboxylic acids is 2. The van der Waals surface area contributed by atoms with Crippen molar-refractivity contribution < 1.29 is 14.3 Å². The van der Waals surface area contributed by atoms with Crippen molar-refractivity contribution in [3.63, 3.8) is 0 Å². The average molecular weight is 333 g/mol. The topological polar surface area (TPSA) is 55.4 Å². The lowest BCUT2D eigenvalue weighted by atomic mass is 10.00. The zero-order chi connectivity index (χ0) is 16.8. The number of ketones is 2. The van der Waals surface area contributed by atoms with Crippen LogP contribution in [0.3, 0.4) is 0 Å². The van der Waals surface area contributed by atoms with E-state index in [1.165, 1.54) is 11.8 Å². The van der Waals surface area contributed by atoms with Gasteiger partial charge in [0.25, 0.3) is 0 Å². The summed E-state index contributed by atoms with van der Waals surface area (Å²) in [4.78, 5) is 24.7. The van der Waals surface area contributed by atoms with Gasteiger partial charge in [-0.2, -0.15) is 0 Å². The highest BCUT2D eigenvalue weighted by atomic mass is 32.2. The molecule has 1 aliphatic rings. The number of hydrogen-bond acceptors (Lipinski definition) is 5. The second-order valence-electron chi connectivity index (χ2n) is 5.88. The highest BCUT2D eigenvalue weighted by molar-refractivity contribution is 8.04. The van der Waals surface area contributed by atoms with Crippen LogP contribution in [0.4, 0.5) is 0 Å². The van der Waals surface area contributed by atoms with Crippen LogP contribution in [0, 0.1) is 0 Å². The average Bonchev–Trinajstić information content (AvgIpc) is 2.87. The van der Waals surface area contributed by atoms with Crippen molar-refractivity contribution in [2.24, 2.45) is 0 Å². The molecule has 1 heterocycles. The SMILES string of the molecule is COC(CC1=CSC(CC(=O)c2ccccc2)C1=O)NC(C)C. The number of benzene rings is 1. The van der Waals surface area contributed by atoms with Crippen LogP contribution in [-0.4, -0.2) is 36.2 Å². The summed E-state index contributed by atoms with van der Waals surface area (Å²) in [5, 5.41) is 4.83. The smallest absolute Gasteiger partial charge is 0.173 e. The Balaban J connectivity index is 1.91. The summed E-state index contributed by atoms with van der Waals surface area (Å²) < 4.78 is 5.38. The van der Waals surface area contributed by atoms with Crippen LogP contribution >= 0.6 is 11.8 Å². The van der Waals surface area contributed by atoms with Gasteiger partial charge >= 0.3 is 0 Å². The molecule has 0 amide bonds. The summed E-state index contributed by atoms with van der Waals surface area (Å²) in [6.45, 7) is 4.07. The molecule has 4 nitrogen and oxygen atoms in total. The molecule has 0 spiro atoms. The van der Waals surface area contributed by atoms with E-state index >= 15 is 0 Å². The number of ether oxygens (including phenoxy) is 1. The molecule has 0 radical (unpaired) electrons. The molecule has 5 heteroatoms. The molecule has 2 unspecified atom stereocenters. The molecule has 1 aliphatic heterocycles. The standard InChI is InChI=1S/C18H23NO3S/c1-12(2)19-17(22-3)9-14-11-23-16(18(14)21)10-15(20)13-7-5-4-6-8-13/h4-8,11-12,16-17,19H,9-10H2,1-3H3. The fraction of sp³-hybridized carbons (Fsp3) is 0.444. The second-order valence-corrected chi connectivity index (χ2v) is 6.95. The Labute approximate surface area is 141 Å². The largest absolute Gasteiger partial charge is 0.366 e. The fourth-order valence-corrected chi connectivity index (χ4v) is 3.54. The fourth-order valence-electron chi connectivity index (χ4n) is 2.47. The van der Waals surface area contributed by atoms with Crippen molar-refractivity contribution in [2.75, 3.05) is 7.11 Å². The minimum Gasteiger partial charge on any atom is -0.366 e. The molecular weight excluding hydrogens is 310 g/mol. The number of carbonyl (C=O) groups is 2. The summed E-state index contributed by atoms with van der Waals surface area (Å²) in [5.74, 6) is 0.0570.